The van der Waals surface area contributed by atoms with Gasteiger partial charge >= 0.3 is 0 Å². The fraction of sp³-hybridized carbons (Fsp3) is 0.615. The average Bonchev–Trinajstić information content (AvgIpc) is 2.46. The molecule has 2 heterocycles. The summed E-state index contributed by atoms with van der Waals surface area (Å²) in [7, 11) is 4.21. The quantitative estimate of drug-likeness (QED) is 0.357. The molecule has 0 saturated carbocycles. The number of anilines is 1. The maximum Gasteiger partial charge on any atom is 0.173 e. The predicted molar refractivity (Wildman–Crippen MR) is 78.0 cm³/mol. The lowest BCUT2D eigenvalue weighted by atomic mass is 9.96. The van der Waals surface area contributed by atoms with Gasteiger partial charge in [0.15, 0.2) is 11.7 Å². The molecule has 1 fully saturated rings. The van der Waals surface area contributed by atoms with Gasteiger partial charge in [-0.1, -0.05) is 5.16 Å². The predicted octanol–water partition coefficient (Wildman–Crippen LogP) is 0.349. The van der Waals surface area contributed by atoms with Crippen molar-refractivity contribution in [1.29, 1.82) is 0 Å². The summed E-state index contributed by atoms with van der Waals surface area (Å²) in [4.78, 5) is 4.39. The summed E-state index contributed by atoms with van der Waals surface area (Å²) in [6.45, 7) is 2.95. The van der Waals surface area contributed by atoms with E-state index >= 15 is 0 Å². The van der Waals surface area contributed by atoms with Crippen molar-refractivity contribution in [2.24, 2.45) is 16.8 Å². The van der Waals surface area contributed by atoms with Gasteiger partial charge in [0.1, 0.15) is 0 Å². The Morgan fingerprint density at radius 2 is 2.20 bits per heavy atom. The van der Waals surface area contributed by atoms with Gasteiger partial charge in [-0.3, -0.25) is 0 Å². The Balaban J connectivity index is 2.07. The first kappa shape index (κ1) is 14.5. The van der Waals surface area contributed by atoms with Crippen LogP contribution >= 0.6 is 0 Å². The Bertz CT molecular complexity index is 468. The number of amidine groups is 1. The second kappa shape index (κ2) is 6.51. The highest BCUT2D eigenvalue weighted by molar-refractivity contribution is 6.01. The number of nitrogens with zero attached hydrogens (tertiary/aromatic N) is 5. The molecular weight excluding hydrogens is 256 g/mol. The number of rotatable bonds is 4. The van der Waals surface area contributed by atoms with Gasteiger partial charge in [-0.25, -0.2) is 0 Å². The number of hydrogen-bond acceptors (Lipinski definition) is 6. The zero-order chi connectivity index (χ0) is 14.5. The van der Waals surface area contributed by atoms with Gasteiger partial charge in [0.05, 0.1) is 11.8 Å². The normalized spacial score (nSPS) is 17.8. The van der Waals surface area contributed by atoms with Crippen molar-refractivity contribution in [1.82, 2.24) is 15.1 Å². The minimum Gasteiger partial charge on any atom is -0.409 e. The Morgan fingerprint density at radius 1 is 1.50 bits per heavy atom. The topological polar surface area (TPSA) is 90.9 Å². The zero-order valence-electron chi connectivity index (χ0n) is 12.0. The first-order valence-electron chi connectivity index (χ1n) is 6.81. The standard InChI is InChI=1S/C13H22N6O/c1-18(2)9-10-4-7-19(8-5-10)13-11(12(14)17-20)3-6-15-16-13/h3,6,10,20H,4-5,7-9H2,1-2H3,(H2,14,17). The third-order valence-electron chi connectivity index (χ3n) is 3.62. The maximum absolute atomic E-state index is 8.84. The molecule has 0 aromatic carbocycles. The van der Waals surface area contributed by atoms with Crippen LogP contribution in [0.3, 0.4) is 0 Å². The number of hydrogen-bond donors (Lipinski definition) is 2. The monoisotopic (exact) mass is 278 g/mol. The van der Waals surface area contributed by atoms with Crippen LogP contribution in [0.25, 0.3) is 0 Å². The van der Waals surface area contributed by atoms with Crippen LogP contribution < -0.4 is 10.6 Å². The number of oxime groups is 1. The fourth-order valence-electron chi connectivity index (χ4n) is 2.66. The molecule has 2 rings (SSSR count). The molecule has 1 aliphatic heterocycles. The van der Waals surface area contributed by atoms with Crippen molar-refractivity contribution in [2.45, 2.75) is 12.8 Å². The van der Waals surface area contributed by atoms with E-state index in [0.29, 0.717) is 17.3 Å². The van der Waals surface area contributed by atoms with Crippen LogP contribution in [0.15, 0.2) is 17.4 Å². The Hall–Kier alpha value is -1.89. The smallest absolute Gasteiger partial charge is 0.173 e. The molecular formula is C13H22N6O. The van der Waals surface area contributed by atoms with Crippen LogP contribution in [-0.4, -0.2) is 59.9 Å². The van der Waals surface area contributed by atoms with E-state index in [9.17, 15) is 0 Å². The van der Waals surface area contributed by atoms with Crippen LogP contribution in [0.5, 0.6) is 0 Å². The number of aromatic nitrogens is 2. The van der Waals surface area contributed by atoms with E-state index in [4.69, 9.17) is 10.9 Å². The van der Waals surface area contributed by atoms with Gasteiger partial charge in [-0.05, 0) is 38.9 Å². The van der Waals surface area contributed by atoms with E-state index in [1.54, 1.807) is 12.3 Å². The lowest BCUT2D eigenvalue weighted by Gasteiger charge is -2.34. The van der Waals surface area contributed by atoms with Crippen LogP contribution in [-0.2, 0) is 0 Å². The van der Waals surface area contributed by atoms with Gasteiger partial charge in [0.2, 0.25) is 0 Å². The van der Waals surface area contributed by atoms with Crippen molar-refractivity contribution < 1.29 is 5.21 Å². The van der Waals surface area contributed by atoms with Crippen molar-refractivity contribution in [3.8, 4) is 0 Å². The minimum absolute atomic E-state index is 0.0744. The molecule has 3 N–H and O–H groups in total. The highest BCUT2D eigenvalue weighted by Gasteiger charge is 2.23. The van der Waals surface area contributed by atoms with Gasteiger partial charge in [0, 0.05) is 19.6 Å². The minimum atomic E-state index is 0.0744. The molecule has 1 aromatic heterocycles. The van der Waals surface area contributed by atoms with E-state index in [2.05, 4.69) is 39.2 Å². The molecule has 0 amide bonds. The van der Waals surface area contributed by atoms with E-state index in [-0.39, 0.29) is 5.84 Å². The lowest BCUT2D eigenvalue weighted by molar-refractivity contribution is 0.284. The summed E-state index contributed by atoms with van der Waals surface area (Å²) in [6, 6.07) is 1.73. The molecule has 0 atom stereocenters. The van der Waals surface area contributed by atoms with E-state index in [0.717, 1.165) is 32.5 Å². The summed E-state index contributed by atoms with van der Waals surface area (Å²) in [5, 5.41) is 20.0. The van der Waals surface area contributed by atoms with E-state index < -0.39 is 0 Å². The molecule has 0 radical (unpaired) electrons. The van der Waals surface area contributed by atoms with Gasteiger partial charge < -0.3 is 20.7 Å². The molecule has 0 bridgehead atoms. The summed E-state index contributed by atoms with van der Waals surface area (Å²) in [5.74, 6) is 1.49. The van der Waals surface area contributed by atoms with E-state index in [1.165, 1.54) is 0 Å². The molecule has 110 valence electrons. The van der Waals surface area contributed by atoms with Crippen LogP contribution in [0, 0.1) is 5.92 Å². The van der Waals surface area contributed by atoms with Gasteiger partial charge in [0.25, 0.3) is 0 Å². The molecule has 7 nitrogen and oxygen atoms in total. The molecule has 1 aliphatic rings. The van der Waals surface area contributed by atoms with E-state index in [1.807, 2.05) is 0 Å². The van der Waals surface area contributed by atoms with Crippen molar-refractivity contribution in [2.75, 3.05) is 38.6 Å². The van der Waals surface area contributed by atoms with Crippen molar-refractivity contribution in [3.63, 3.8) is 0 Å². The number of nitrogens with two attached hydrogens (primary N) is 1. The first-order valence-corrected chi connectivity index (χ1v) is 6.81. The molecule has 7 heteroatoms. The second-order valence-electron chi connectivity index (χ2n) is 5.45. The molecule has 0 spiro atoms. The molecule has 1 aromatic rings. The largest absolute Gasteiger partial charge is 0.409 e. The molecule has 0 aliphatic carbocycles. The zero-order valence-corrected chi connectivity index (χ0v) is 12.0. The van der Waals surface area contributed by atoms with Crippen LogP contribution in [0.2, 0.25) is 0 Å². The Kier molecular flexibility index (Phi) is 4.73. The second-order valence-corrected chi connectivity index (χ2v) is 5.45. The molecule has 0 unspecified atom stereocenters. The van der Waals surface area contributed by atoms with Crippen LogP contribution in [0.4, 0.5) is 5.82 Å². The molecule has 1 saturated heterocycles. The van der Waals surface area contributed by atoms with Crippen molar-refractivity contribution >= 4 is 11.7 Å². The third-order valence-corrected chi connectivity index (χ3v) is 3.62. The highest BCUT2D eigenvalue weighted by Crippen LogP contribution is 2.24. The SMILES string of the molecule is CN(C)CC1CCN(c2nnccc2/C(N)=N/O)CC1. The Labute approximate surface area is 119 Å². The summed E-state index contributed by atoms with van der Waals surface area (Å²) < 4.78 is 0. The van der Waals surface area contributed by atoms with Gasteiger partial charge in [-0.15, -0.1) is 5.10 Å². The summed E-state index contributed by atoms with van der Waals surface area (Å²) >= 11 is 0. The average molecular weight is 278 g/mol. The van der Waals surface area contributed by atoms with Gasteiger partial charge in [-0.2, -0.15) is 5.10 Å². The summed E-state index contributed by atoms with van der Waals surface area (Å²) in [5.41, 5.74) is 6.33. The Morgan fingerprint density at radius 3 is 2.80 bits per heavy atom. The highest BCUT2D eigenvalue weighted by atomic mass is 16.4. The van der Waals surface area contributed by atoms with Crippen molar-refractivity contribution in [3.05, 3.63) is 17.8 Å². The lowest BCUT2D eigenvalue weighted by Crippen LogP contribution is -2.38. The third kappa shape index (κ3) is 3.36. The molecule has 20 heavy (non-hydrogen) atoms. The first-order chi connectivity index (χ1) is 9.61. The number of piperidine rings is 1. The summed E-state index contributed by atoms with van der Waals surface area (Å²) in [6.07, 6.45) is 3.78. The fourth-order valence-corrected chi connectivity index (χ4v) is 2.66. The van der Waals surface area contributed by atoms with Crippen LogP contribution in [0.1, 0.15) is 18.4 Å². The maximum atomic E-state index is 8.84.